The zero-order chi connectivity index (χ0) is 13.7. The number of pyridine rings is 1. The van der Waals surface area contributed by atoms with Gasteiger partial charge >= 0.3 is 0 Å². The highest BCUT2D eigenvalue weighted by Crippen LogP contribution is 2.23. The molecule has 1 aromatic heterocycles. The Morgan fingerprint density at radius 1 is 1.21 bits per heavy atom. The van der Waals surface area contributed by atoms with Crippen LogP contribution < -0.4 is 5.73 Å². The van der Waals surface area contributed by atoms with Crippen molar-refractivity contribution < 1.29 is 0 Å². The minimum absolute atomic E-state index is 0.329. The van der Waals surface area contributed by atoms with E-state index in [1.165, 1.54) is 5.56 Å². The fourth-order valence-electron chi connectivity index (χ4n) is 2.25. The molecule has 1 aromatic carbocycles. The van der Waals surface area contributed by atoms with Gasteiger partial charge in [-0.25, -0.2) is 0 Å². The molecule has 0 spiro atoms. The van der Waals surface area contributed by atoms with Crippen LogP contribution in [0.1, 0.15) is 31.1 Å². The van der Waals surface area contributed by atoms with E-state index >= 15 is 0 Å². The number of nitrogens with zero attached hydrogens (tertiary/aromatic N) is 2. The van der Waals surface area contributed by atoms with E-state index in [-0.39, 0.29) is 0 Å². The topological polar surface area (TPSA) is 42.2 Å². The van der Waals surface area contributed by atoms with Gasteiger partial charge in [0.2, 0.25) is 0 Å². The number of aromatic nitrogens is 1. The van der Waals surface area contributed by atoms with E-state index in [1.54, 1.807) is 0 Å². The quantitative estimate of drug-likeness (QED) is 0.834. The Morgan fingerprint density at radius 2 is 2.05 bits per heavy atom. The molecule has 19 heavy (non-hydrogen) atoms. The minimum Gasteiger partial charge on any atom is -0.399 e. The number of anilines is 1. The van der Waals surface area contributed by atoms with Crippen LogP contribution >= 0.6 is 0 Å². The number of benzene rings is 1. The monoisotopic (exact) mass is 255 g/mol. The van der Waals surface area contributed by atoms with E-state index in [4.69, 9.17) is 5.73 Å². The van der Waals surface area contributed by atoms with Crippen LogP contribution in [0.2, 0.25) is 0 Å². The maximum Gasteiger partial charge on any atom is 0.0544 e. The van der Waals surface area contributed by atoms with Gasteiger partial charge in [0.05, 0.1) is 5.69 Å². The molecule has 1 atom stereocenters. The van der Waals surface area contributed by atoms with Crippen molar-refractivity contribution in [2.75, 3.05) is 12.3 Å². The number of nitrogen functional groups attached to an aromatic ring is 1. The lowest BCUT2D eigenvalue weighted by molar-refractivity contribution is 0.210. The predicted molar refractivity (Wildman–Crippen MR) is 79.6 cm³/mol. The van der Waals surface area contributed by atoms with Gasteiger partial charge < -0.3 is 5.73 Å². The van der Waals surface area contributed by atoms with Crippen molar-refractivity contribution >= 4 is 5.69 Å². The van der Waals surface area contributed by atoms with Crippen molar-refractivity contribution in [2.24, 2.45) is 0 Å². The highest BCUT2D eigenvalue weighted by molar-refractivity contribution is 5.41. The van der Waals surface area contributed by atoms with Crippen molar-refractivity contribution in [3.8, 4) is 0 Å². The normalized spacial score (nSPS) is 12.6. The van der Waals surface area contributed by atoms with E-state index in [1.807, 2.05) is 36.5 Å². The van der Waals surface area contributed by atoms with E-state index in [9.17, 15) is 0 Å². The Hall–Kier alpha value is -1.87. The lowest BCUT2D eigenvalue weighted by Crippen LogP contribution is -2.26. The molecule has 0 amide bonds. The van der Waals surface area contributed by atoms with Gasteiger partial charge in [0.25, 0.3) is 0 Å². The average Bonchev–Trinajstić information content (AvgIpc) is 2.45. The van der Waals surface area contributed by atoms with Crippen LogP contribution in [0.4, 0.5) is 5.69 Å². The largest absolute Gasteiger partial charge is 0.399 e. The molecule has 2 N–H and O–H groups in total. The maximum absolute atomic E-state index is 5.86. The van der Waals surface area contributed by atoms with Crippen molar-refractivity contribution in [2.45, 2.75) is 26.4 Å². The second-order valence-corrected chi connectivity index (χ2v) is 4.73. The third-order valence-corrected chi connectivity index (χ3v) is 3.44. The number of hydrogen-bond donors (Lipinski definition) is 1. The van der Waals surface area contributed by atoms with Crippen LogP contribution in [0.25, 0.3) is 0 Å². The molecule has 0 fully saturated rings. The van der Waals surface area contributed by atoms with Crippen molar-refractivity contribution in [1.82, 2.24) is 9.88 Å². The highest BCUT2D eigenvalue weighted by Gasteiger charge is 2.15. The van der Waals surface area contributed by atoms with Crippen molar-refractivity contribution in [3.05, 3.63) is 59.9 Å². The summed E-state index contributed by atoms with van der Waals surface area (Å²) >= 11 is 0. The minimum atomic E-state index is 0.329. The zero-order valence-corrected chi connectivity index (χ0v) is 11.6. The van der Waals surface area contributed by atoms with E-state index < -0.39 is 0 Å². The molecule has 0 aliphatic carbocycles. The molecule has 0 saturated carbocycles. The molecule has 1 unspecified atom stereocenters. The number of nitrogens with two attached hydrogens (primary N) is 1. The highest BCUT2D eigenvalue weighted by atomic mass is 15.1. The van der Waals surface area contributed by atoms with Gasteiger partial charge in [-0.1, -0.05) is 25.1 Å². The SMILES string of the molecule is CCN(Cc1ccccn1)C(C)c1cccc(N)c1. The number of rotatable bonds is 5. The number of hydrogen-bond acceptors (Lipinski definition) is 3. The molecule has 0 saturated heterocycles. The molecule has 0 radical (unpaired) electrons. The molecule has 2 rings (SSSR count). The third-order valence-electron chi connectivity index (χ3n) is 3.44. The Balaban J connectivity index is 2.13. The average molecular weight is 255 g/mol. The van der Waals surface area contributed by atoms with Gasteiger partial charge in [0.15, 0.2) is 0 Å². The fraction of sp³-hybridized carbons (Fsp3) is 0.312. The van der Waals surface area contributed by atoms with Gasteiger partial charge in [-0.05, 0) is 43.3 Å². The summed E-state index contributed by atoms with van der Waals surface area (Å²) in [5.41, 5.74) is 9.02. The van der Waals surface area contributed by atoms with Gasteiger partial charge in [0.1, 0.15) is 0 Å². The smallest absolute Gasteiger partial charge is 0.0544 e. The summed E-state index contributed by atoms with van der Waals surface area (Å²) in [6.07, 6.45) is 1.84. The van der Waals surface area contributed by atoms with Gasteiger partial charge in [0, 0.05) is 24.5 Å². The van der Waals surface area contributed by atoms with Crippen LogP contribution in [0.15, 0.2) is 48.7 Å². The molecule has 3 heteroatoms. The summed E-state index contributed by atoms with van der Waals surface area (Å²) in [7, 11) is 0. The summed E-state index contributed by atoms with van der Waals surface area (Å²) in [6.45, 7) is 6.22. The molecular weight excluding hydrogens is 234 g/mol. The first-order valence-electron chi connectivity index (χ1n) is 6.70. The first-order chi connectivity index (χ1) is 9.20. The van der Waals surface area contributed by atoms with Gasteiger partial charge in [-0.3, -0.25) is 9.88 Å². The summed E-state index contributed by atoms with van der Waals surface area (Å²) in [5, 5.41) is 0. The van der Waals surface area contributed by atoms with Gasteiger partial charge in [-0.15, -0.1) is 0 Å². The Labute approximate surface area is 115 Å². The van der Waals surface area contributed by atoms with E-state index in [2.05, 4.69) is 35.9 Å². The zero-order valence-electron chi connectivity index (χ0n) is 11.6. The molecule has 0 aliphatic rings. The summed E-state index contributed by atoms with van der Waals surface area (Å²) < 4.78 is 0. The molecule has 1 heterocycles. The molecule has 100 valence electrons. The van der Waals surface area contributed by atoms with Crippen molar-refractivity contribution in [3.63, 3.8) is 0 Å². The second-order valence-electron chi connectivity index (χ2n) is 4.73. The lowest BCUT2D eigenvalue weighted by Gasteiger charge is -2.28. The molecule has 2 aromatic rings. The van der Waals surface area contributed by atoms with Crippen LogP contribution in [0.5, 0.6) is 0 Å². The Kier molecular flexibility index (Phi) is 4.53. The lowest BCUT2D eigenvalue weighted by atomic mass is 10.1. The van der Waals surface area contributed by atoms with E-state index in [0.29, 0.717) is 6.04 Å². The molecular formula is C16H21N3. The Morgan fingerprint density at radius 3 is 2.68 bits per heavy atom. The third kappa shape index (κ3) is 3.55. The van der Waals surface area contributed by atoms with Crippen LogP contribution in [-0.2, 0) is 6.54 Å². The van der Waals surface area contributed by atoms with Crippen LogP contribution in [0, 0.1) is 0 Å². The first kappa shape index (κ1) is 13.6. The van der Waals surface area contributed by atoms with Crippen LogP contribution in [-0.4, -0.2) is 16.4 Å². The van der Waals surface area contributed by atoms with Gasteiger partial charge in [-0.2, -0.15) is 0 Å². The summed E-state index contributed by atoms with van der Waals surface area (Å²) in [6, 6.07) is 14.5. The van der Waals surface area contributed by atoms with E-state index in [0.717, 1.165) is 24.5 Å². The maximum atomic E-state index is 5.86. The first-order valence-corrected chi connectivity index (χ1v) is 6.70. The summed E-state index contributed by atoms with van der Waals surface area (Å²) in [5.74, 6) is 0. The molecule has 0 aliphatic heterocycles. The van der Waals surface area contributed by atoms with Crippen molar-refractivity contribution in [1.29, 1.82) is 0 Å². The Bertz CT molecular complexity index is 510. The fourth-order valence-corrected chi connectivity index (χ4v) is 2.25. The standard InChI is InChI=1S/C16H21N3/c1-3-19(12-16-9-4-5-10-18-16)13(2)14-7-6-8-15(17)11-14/h4-11,13H,3,12,17H2,1-2H3. The molecule has 3 nitrogen and oxygen atoms in total. The summed E-state index contributed by atoms with van der Waals surface area (Å²) in [4.78, 5) is 6.78. The van der Waals surface area contributed by atoms with Crippen LogP contribution in [0.3, 0.4) is 0 Å². The predicted octanol–water partition coefficient (Wildman–Crippen LogP) is 3.25. The molecule has 0 bridgehead atoms. The second kappa shape index (κ2) is 6.34.